The molecule has 1 aliphatic rings. The van der Waals surface area contributed by atoms with Crippen molar-refractivity contribution in [3.63, 3.8) is 0 Å². The topological polar surface area (TPSA) is 91.8 Å². The molecule has 5 rings (SSSR count). The first-order chi connectivity index (χ1) is 18.0. The molecule has 1 aliphatic heterocycles. The van der Waals surface area contributed by atoms with Gasteiger partial charge in [-0.3, -0.25) is 9.88 Å². The summed E-state index contributed by atoms with van der Waals surface area (Å²) in [6.45, 7) is 3.45. The van der Waals surface area contributed by atoms with Crippen LogP contribution in [0.15, 0.2) is 59.1 Å². The summed E-state index contributed by atoms with van der Waals surface area (Å²) >= 11 is 0. The van der Waals surface area contributed by atoms with Crippen LogP contribution >= 0.6 is 0 Å². The van der Waals surface area contributed by atoms with E-state index in [4.69, 9.17) is 13.9 Å². The van der Waals surface area contributed by atoms with Crippen LogP contribution in [0, 0.1) is 11.3 Å². The van der Waals surface area contributed by atoms with Crippen LogP contribution < -0.4 is 4.74 Å². The van der Waals surface area contributed by atoms with Crippen molar-refractivity contribution < 1.29 is 19.0 Å². The van der Waals surface area contributed by atoms with Gasteiger partial charge in [-0.25, -0.2) is 0 Å². The van der Waals surface area contributed by atoms with Gasteiger partial charge in [-0.05, 0) is 55.4 Å². The van der Waals surface area contributed by atoms with Crippen LogP contribution in [0.5, 0.6) is 5.75 Å². The van der Waals surface area contributed by atoms with Crippen LogP contribution in [0.3, 0.4) is 0 Å². The van der Waals surface area contributed by atoms with Crippen molar-refractivity contribution in [1.29, 1.82) is 5.26 Å². The summed E-state index contributed by atoms with van der Waals surface area (Å²) in [6, 6.07) is 17.8. The third kappa shape index (κ3) is 5.09. The van der Waals surface area contributed by atoms with Gasteiger partial charge in [-0.15, -0.1) is 0 Å². The number of aryl methyl sites for hydroxylation is 1. The summed E-state index contributed by atoms with van der Waals surface area (Å²) in [4.78, 5) is 6.30. The average molecular weight is 498 g/mol. The minimum Gasteiger partial charge on any atom is -0.489 e. The van der Waals surface area contributed by atoms with Gasteiger partial charge in [-0.1, -0.05) is 31.2 Å². The fourth-order valence-corrected chi connectivity index (χ4v) is 4.76. The highest BCUT2D eigenvalue weighted by Gasteiger charge is 2.20. The number of benzene rings is 2. The third-order valence-corrected chi connectivity index (χ3v) is 6.85. The number of furan rings is 1. The Kier molecular flexibility index (Phi) is 7.24. The largest absolute Gasteiger partial charge is 0.489 e. The van der Waals surface area contributed by atoms with E-state index in [1.807, 2.05) is 62.6 Å². The zero-order valence-corrected chi connectivity index (χ0v) is 21.4. The summed E-state index contributed by atoms with van der Waals surface area (Å²) in [5.74, 6) is 1.31. The molecule has 37 heavy (non-hydrogen) atoms. The predicted octanol–water partition coefficient (Wildman–Crippen LogP) is 5.71. The molecule has 4 aromatic rings. The zero-order chi connectivity index (χ0) is 25.9. The lowest BCUT2D eigenvalue weighted by atomic mass is 9.99. The minimum absolute atomic E-state index is 0.0601. The molecule has 0 spiro atoms. The quantitative estimate of drug-likeness (QED) is 0.327. The van der Waals surface area contributed by atoms with E-state index >= 15 is 0 Å². The predicted molar refractivity (Wildman–Crippen MR) is 142 cm³/mol. The maximum Gasteiger partial charge on any atom is 0.161 e. The Bertz CT molecular complexity index is 1450. The van der Waals surface area contributed by atoms with E-state index in [2.05, 4.69) is 18.0 Å². The molecule has 3 heterocycles. The summed E-state index contributed by atoms with van der Waals surface area (Å²) < 4.78 is 17.9. The van der Waals surface area contributed by atoms with E-state index in [1.54, 1.807) is 11.1 Å². The highest BCUT2D eigenvalue weighted by atomic mass is 16.5. The highest BCUT2D eigenvalue weighted by molar-refractivity contribution is 5.93. The van der Waals surface area contributed by atoms with Crippen molar-refractivity contribution in [2.75, 3.05) is 27.3 Å². The van der Waals surface area contributed by atoms with Gasteiger partial charge in [0.2, 0.25) is 0 Å². The van der Waals surface area contributed by atoms with Crippen molar-refractivity contribution in [3.05, 3.63) is 71.4 Å². The molecule has 2 aromatic heterocycles. The van der Waals surface area contributed by atoms with E-state index in [9.17, 15) is 10.4 Å². The number of fused-ring (bicyclic) bond motifs is 1. The lowest BCUT2D eigenvalue weighted by Crippen LogP contribution is -2.26. The van der Waals surface area contributed by atoms with Crippen LogP contribution in [-0.4, -0.2) is 48.4 Å². The van der Waals surface area contributed by atoms with Crippen LogP contribution in [0.2, 0.25) is 0 Å². The van der Waals surface area contributed by atoms with Gasteiger partial charge in [-0.2, -0.15) is 5.26 Å². The molecule has 1 fully saturated rings. The summed E-state index contributed by atoms with van der Waals surface area (Å²) in [6.07, 6.45) is 3.58. The smallest absolute Gasteiger partial charge is 0.161 e. The summed E-state index contributed by atoms with van der Waals surface area (Å²) in [5, 5.41) is 20.3. The fourth-order valence-electron chi connectivity index (χ4n) is 4.76. The van der Waals surface area contributed by atoms with E-state index < -0.39 is 6.23 Å². The molecule has 2 aromatic carbocycles. The average Bonchev–Trinajstić information content (AvgIpc) is 3.37. The zero-order valence-electron chi connectivity index (χ0n) is 21.4. The third-order valence-electron chi connectivity index (χ3n) is 6.85. The standard InChI is InChI=1S/C30H31N3O4/c1-4-19-15-21(30(34)33(2)3)5-7-24(19)28-17-26-29(37-28)25(9-12-32-26)20-6-8-27(22(16-20)18-31)36-23-10-13-35-14-11-23/h5-9,12,15-17,23,30,34H,4,10-11,13-14H2,1-3H3. The molecule has 0 aliphatic carbocycles. The Morgan fingerprint density at radius 1 is 1.11 bits per heavy atom. The molecule has 1 saturated heterocycles. The number of hydrogen-bond acceptors (Lipinski definition) is 7. The normalized spacial score (nSPS) is 15.1. The van der Waals surface area contributed by atoms with E-state index in [1.165, 1.54) is 0 Å². The van der Waals surface area contributed by atoms with Gasteiger partial charge in [0.05, 0.1) is 18.8 Å². The van der Waals surface area contributed by atoms with E-state index in [-0.39, 0.29) is 6.10 Å². The second-order valence-corrected chi connectivity index (χ2v) is 9.54. The first-order valence-corrected chi connectivity index (χ1v) is 12.6. The molecule has 7 heteroatoms. The number of nitrogens with zero attached hydrogens (tertiary/aromatic N) is 3. The number of aliphatic hydroxyl groups is 1. The van der Waals surface area contributed by atoms with Crippen molar-refractivity contribution in [1.82, 2.24) is 9.88 Å². The second-order valence-electron chi connectivity index (χ2n) is 9.54. The van der Waals surface area contributed by atoms with Gasteiger partial charge in [0.25, 0.3) is 0 Å². The maximum atomic E-state index is 10.5. The molecular weight excluding hydrogens is 466 g/mol. The second kappa shape index (κ2) is 10.7. The molecule has 1 atom stereocenters. The molecule has 1 N–H and O–H groups in total. The summed E-state index contributed by atoms with van der Waals surface area (Å²) in [7, 11) is 3.69. The van der Waals surface area contributed by atoms with Gasteiger partial charge >= 0.3 is 0 Å². The molecule has 0 saturated carbocycles. The van der Waals surface area contributed by atoms with Crippen molar-refractivity contribution >= 4 is 11.1 Å². The molecular formula is C30H31N3O4. The maximum absolute atomic E-state index is 10.5. The number of ether oxygens (including phenoxy) is 2. The lowest BCUT2D eigenvalue weighted by Gasteiger charge is -2.23. The van der Waals surface area contributed by atoms with Gasteiger partial charge in [0.15, 0.2) is 5.58 Å². The number of pyridine rings is 1. The van der Waals surface area contributed by atoms with Gasteiger partial charge in [0, 0.05) is 36.2 Å². The van der Waals surface area contributed by atoms with Crippen molar-refractivity contribution in [2.45, 2.75) is 38.5 Å². The van der Waals surface area contributed by atoms with Crippen molar-refractivity contribution in [2.24, 2.45) is 0 Å². The Morgan fingerprint density at radius 3 is 2.65 bits per heavy atom. The minimum atomic E-state index is -0.670. The number of aliphatic hydroxyl groups excluding tert-OH is 1. The van der Waals surface area contributed by atoms with E-state index in [0.29, 0.717) is 30.1 Å². The van der Waals surface area contributed by atoms with E-state index in [0.717, 1.165) is 58.4 Å². The Labute approximate surface area is 216 Å². The molecule has 0 radical (unpaired) electrons. The summed E-state index contributed by atoms with van der Waals surface area (Å²) in [5.41, 5.74) is 6.52. The molecule has 7 nitrogen and oxygen atoms in total. The van der Waals surface area contributed by atoms with Crippen LogP contribution in [0.1, 0.15) is 42.7 Å². The molecule has 0 amide bonds. The Hall–Kier alpha value is -3.70. The molecule has 1 unspecified atom stereocenters. The fraction of sp³-hybridized carbons (Fsp3) is 0.333. The number of rotatable bonds is 7. The number of nitriles is 1. The highest BCUT2D eigenvalue weighted by Crippen LogP contribution is 2.37. The lowest BCUT2D eigenvalue weighted by molar-refractivity contribution is 0.0254. The Morgan fingerprint density at radius 2 is 1.92 bits per heavy atom. The first-order valence-electron chi connectivity index (χ1n) is 12.6. The number of aromatic nitrogens is 1. The van der Waals surface area contributed by atoms with Gasteiger partial charge in [0.1, 0.15) is 35.4 Å². The van der Waals surface area contributed by atoms with Gasteiger partial charge < -0.3 is 19.0 Å². The molecule has 0 bridgehead atoms. The number of hydrogen-bond donors (Lipinski definition) is 1. The molecule has 190 valence electrons. The van der Waals surface area contributed by atoms with Crippen LogP contribution in [0.25, 0.3) is 33.6 Å². The van der Waals surface area contributed by atoms with Crippen LogP contribution in [-0.2, 0) is 11.2 Å². The Balaban J connectivity index is 1.50. The monoisotopic (exact) mass is 497 g/mol. The van der Waals surface area contributed by atoms with Crippen molar-refractivity contribution in [3.8, 4) is 34.3 Å². The van der Waals surface area contributed by atoms with Crippen LogP contribution in [0.4, 0.5) is 0 Å². The SMILES string of the molecule is CCc1cc(C(O)N(C)C)ccc1-c1cc2nccc(-c3ccc(OC4CCOCC4)c(C#N)c3)c2o1. The first kappa shape index (κ1) is 25.0.